The Balaban J connectivity index is 1.89. The minimum atomic E-state index is -0.0934. The van der Waals surface area contributed by atoms with E-state index in [4.69, 9.17) is 0 Å². The summed E-state index contributed by atoms with van der Waals surface area (Å²) >= 11 is 0. The quantitative estimate of drug-likeness (QED) is 0.690. The topological polar surface area (TPSA) is 66.0 Å². The van der Waals surface area contributed by atoms with E-state index in [1.165, 1.54) is 0 Å². The Morgan fingerprint density at radius 2 is 2.50 bits per heavy atom. The Morgan fingerprint density at radius 3 is 3.12 bits per heavy atom. The zero-order chi connectivity index (χ0) is 11.4. The van der Waals surface area contributed by atoms with Crippen molar-refractivity contribution in [2.75, 3.05) is 0 Å². The SMILES string of the molecule is CCC1CC(NC(=O)c2cccnc2)NN1. The Hall–Kier alpha value is -1.46. The van der Waals surface area contributed by atoms with Crippen LogP contribution in [-0.2, 0) is 0 Å². The Labute approximate surface area is 94.6 Å². The number of pyridine rings is 1. The van der Waals surface area contributed by atoms with Crippen LogP contribution >= 0.6 is 0 Å². The van der Waals surface area contributed by atoms with E-state index in [0.29, 0.717) is 11.6 Å². The van der Waals surface area contributed by atoms with Crippen molar-refractivity contribution in [3.8, 4) is 0 Å². The van der Waals surface area contributed by atoms with Crippen LogP contribution in [0.3, 0.4) is 0 Å². The molecule has 0 saturated carbocycles. The minimum absolute atomic E-state index is 0.00217. The molecule has 0 bridgehead atoms. The first-order chi connectivity index (χ1) is 7.79. The van der Waals surface area contributed by atoms with E-state index in [-0.39, 0.29) is 12.1 Å². The molecule has 86 valence electrons. The fourth-order valence-corrected chi connectivity index (χ4v) is 1.72. The molecule has 0 radical (unpaired) electrons. The first-order valence-corrected chi connectivity index (χ1v) is 5.51. The highest BCUT2D eigenvalue weighted by atomic mass is 16.1. The highest BCUT2D eigenvalue weighted by molar-refractivity contribution is 5.93. The molecule has 1 saturated heterocycles. The lowest BCUT2D eigenvalue weighted by Crippen LogP contribution is -2.44. The molecule has 2 unspecified atom stereocenters. The molecule has 1 amide bonds. The molecule has 3 N–H and O–H groups in total. The van der Waals surface area contributed by atoms with Gasteiger partial charge in [-0.25, -0.2) is 5.43 Å². The number of aromatic nitrogens is 1. The predicted octanol–water partition coefficient (Wildman–Crippen LogP) is 0.414. The third-order valence-electron chi connectivity index (χ3n) is 2.70. The molecule has 1 aliphatic rings. The summed E-state index contributed by atoms with van der Waals surface area (Å²) in [5, 5.41) is 2.91. The first-order valence-electron chi connectivity index (χ1n) is 5.51. The summed E-state index contributed by atoms with van der Waals surface area (Å²) in [5.74, 6) is -0.0934. The summed E-state index contributed by atoms with van der Waals surface area (Å²) in [7, 11) is 0. The van der Waals surface area contributed by atoms with Crippen molar-refractivity contribution in [2.24, 2.45) is 0 Å². The van der Waals surface area contributed by atoms with Gasteiger partial charge in [-0.1, -0.05) is 6.92 Å². The maximum absolute atomic E-state index is 11.8. The zero-order valence-corrected chi connectivity index (χ0v) is 9.23. The average Bonchev–Trinajstić information content (AvgIpc) is 2.78. The van der Waals surface area contributed by atoms with Gasteiger partial charge in [-0.3, -0.25) is 15.2 Å². The van der Waals surface area contributed by atoms with Crippen molar-refractivity contribution in [3.05, 3.63) is 30.1 Å². The average molecular weight is 220 g/mol. The minimum Gasteiger partial charge on any atom is -0.335 e. The second kappa shape index (κ2) is 5.05. The third-order valence-corrected chi connectivity index (χ3v) is 2.70. The van der Waals surface area contributed by atoms with E-state index in [0.717, 1.165) is 12.8 Å². The van der Waals surface area contributed by atoms with Crippen molar-refractivity contribution >= 4 is 5.91 Å². The molecule has 2 rings (SSSR count). The first kappa shape index (κ1) is 11.0. The number of rotatable bonds is 3. The Bertz CT molecular complexity index is 354. The third kappa shape index (κ3) is 2.56. The number of nitrogens with one attached hydrogen (secondary N) is 3. The Morgan fingerprint density at radius 1 is 1.62 bits per heavy atom. The molecule has 2 heterocycles. The van der Waals surface area contributed by atoms with Crippen molar-refractivity contribution in [3.63, 3.8) is 0 Å². The summed E-state index contributed by atoms with van der Waals surface area (Å²) < 4.78 is 0. The highest BCUT2D eigenvalue weighted by Gasteiger charge is 2.23. The summed E-state index contributed by atoms with van der Waals surface area (Å²) in [6.07, 6.45) is 5.17. The largest absolute Gasteiger partial charge is 0.335 e. The molecular weight excluding hydrogens is 204 g/mol. The predicted molar refractivity (Wildman–Crippen MR) is 60.5 cm³/mol. The molecule has 1 aliphatic heterocycles. The maximum Gasteiger partial charge on any atom is 0.254 e. The van der Waals surface area contributed by atoms with Crippen LogP contribution in [0.5, 0.6) is 0 Å². The van der Waals surface area contributed by atoms with Gasteiger partial charge in [0.15, 0.2) is 0 Å². The summed E-state index contributed by atoms with van der Waals surface area (Å²) in [5.41, 5.74) is 6.78. The molecule has 1 aromatic rings. The fraction of sp³-hybridized carbons (Fsp3) is 0.455. The van der Waals surface area contributed by atoms with Crippen LogP contribution in [0.2, 0.25) is 0 Å². The zero-order valence-electron chi connectivity index (χ0n) is 9.23. The summed E-state index contributed by atoms with van der Waals surface area (Å²) in [6.45, 7) is 2.12. The van der Waals surface area contributed by atoms with E-state index in [1.54, 1.807) is 24.5 Å². The molecule has 0 aliphatic carbocycles. The lowest BCUT2D eigenvalue weighted by Gasteiger charge is -2.11. The second-order valence-corrected chi connectivity index (χ2v) is 3.90. The molecule has 0 aromatic carbocycles. The normalized spacial score (nSPS) is 24.3. The second-order valence-electron chi connectivity index (χ2n) is 3.90. The van der Waals surface area contributed by atoms with Gasteiger partial charge in [0.05, 0.1) is 11.7 Å². The number of hydrogen-bond acceptors (Lipinski definition) is 4. The summed E-state index contributed by atoms with van der Waals surface area (Å²) in [4.78, 5) is 15.7. The van der Waals surface area contributed by atoms with Crippen LogP contribution in [0, 0.1) is 0 Å². The van der Waals surface area contributed by atoms with Gasteiger partial charge < -0.3 is 5.32 Å². The van der Waals surface area contributed by atoms with E-state index in [2.05, 4.69) is 28.1 Å². The number of carbonyl (C=O) groups excluding carboxylic acids is 1. The van der Waals surface area contributed by atoms with Crippen LogP contribution in [0.1, 0.15) is 30.1 Å². The van der Waals surface area contributed by atoms with Crippen LogP contribution < -0.4 is 16.2 Å². The highest BCUT2D eigenvalue weighted by Crippen LogP contribution is 2.06. The smallest absolute Gasteiger partial charge is 0.254 e. The van der Waals surface area contributed by atoms with Gasteiger partial charge in [-0.05, 0) is 25.0 Å². The van der Waals surface area contributed by atoms with Crippen molar-refractivity contribution in [1.29, 1.82) is 0 Å². The van der Waals surface area contributed by atoms with E-state index >= 15 is 0 Å². The standard InChI is InChI=1S/C11H16N4O/c1-2-9-6-10(15-14-9)13-11(16)8-4-3-5-12-7-8/h3-5,7,9-10,14-15H,2,6H2,1H3,(H,13,16). The van der Waals surface area contributed by atoms with Gasteiger partial charge in [-0.2, -0.15) is 0 Å². The number of hydrogen-bond donors (Lipinski definition) is 3. The molecule has 1 aromatic heterocycles. The Kier molecular flexibility index (Phi) is 3.48. The molecule has 5 heteroatoms. The van der Waals surface area contributed by atoms with E-state index in [1.807, 2.05) is 0 Å². The van der Waals surface area contributed by atoms with Gasteiger partial charge >= 0.3 is 0 Å². The van der Waals surface area contributed by atoms with Crippen LogP contribution in [0.25, 0.3) is 0 Å². The number of carbonyl (C=O) groups is 1. The molecule has 16 heavy (non-hydrogen) atoms. The van der Waals surface area contributed by atoms with Gasteiger partial charge in [0.2, 0.25) is 0 Å². The summed E-state index contributed by atoms with van der Waals surface area (Å²) in [6, 6.07) is 3.94. The van der Waals surface area contributed by atoms with Crippen molar-refractivity contribution in [1.82, 2.24) is 21.2 Å². The number of amides is 1. The molecule has 1 fully saturated rings. The molecule has 0 spiro atoms. The molecular formula is C11H16N4O. The van der Waals surface area contributed by atoms with Crippen LogP contribution in [-0.4, -0.2) is 23.1 Å². The van der Waals surface area contributed by atoms with Gasteiger partial charge in [0.25, 0.3) is 5.91 Å². The molecule has 5 nitrogen and oxygen atoms in total. The number of hydrazine groups is 1. The lowest BCUT2D eigenvalue weighted by atomic mass is 10.1. The maximum atomic E-state index is 11.8. The monoisotopic (exact) mass is 220 g/mol. The van der Waals surface area contributed by atoms with Crippen LogP contribution in [0.4, 0.5) is 0 Å². The van der Waals surface area contributed by atoms with E-state index < -0.39 is 0 Å². The number of nitrogens with zero attached hydrogens (tertiary/aromatic N) is 1. The fourth-order valence-electron chi connectivity index (χ4n) is 1.72. The van der Waals surface area contributed by atoms with Crippen molar-refractivity contribution in [2.45, 2.75) is 32.0 Å². The van der Waals surface area contributed by atoms with Crippen molar-refractivity contribution < 1.29 is 4.79 Å². The van der Waals surface area contributed by atoms with Gasteiger partial charge in [0, 0.05) is 18.4 Å². The van der Waals surface area contributed by atoms with Gasteiger partial charge in [-0.15, -0.1) is 0 Å². The molecule has 2 atom stereocenters. The van der Waals surface area contributed by atoms with Crippen LogP contribution in [0.15, 0.2) is 24.5 Å². The van der Waals surface area contributed by atoms with E-state index in [9.17, 15) is 4.79 Å². The lowest BCUT2D eigenvalue weighted by molar-refractivity contribution is 0.0932. The van der Waals surface area contributed by atoms with Gasteiger partial charge in [0.1, 0.15) is 0 Å².